The van der Waals surface area contributed by atoms with Crippen LogP contribution in [0.15, 0.2) is 66.1 Å². The van der Waals surface area contributed by atoms with Gasteiger partial charge in [-0.05, 0) is 35.9 Å². The number of halogens is 2. The van der Waals surface area contributed by atoms with Crippen LogP contribution < -0.4 is 16.7 Å². The molecule has 0 spiro atoms. The van der Waals surface area contributed by atoms with Gasteiger partial charge in [0.1, 0.15) is 5.75 Å². The fourth-order valence-electron chi connectivity index (χ4n) is 3.08. The highest BCUT2D eigenvalue weighted by Gasteiger charge is 2.17. The first kappa shape index (κ1) is 21.1. The average Bonchev–Trinajstić information content (AvgIpc) is 3.08. The number of hydrogen-bond acceptors (Lipinski definition) is 6. The zero-order valence-corrected chi connectivity index (χ0v) is 19.3. The molecule has 0 radical (unpaired) electrons. The Morgan fingerprint density at radius 3 is 2.74 bits per heavy atom. The first-order valence-corrected chi connectivity index (χ1v) is 10.6. The standard InChI is InChI=1S/C20H16Br2N6O3/c1-27-17-16(18(30)25-20(27)31)28(10-11-3-2-4-13(21)7-11)19(24-17)26-23-9-12-8-14(22)5-6-15(12)29/h2-9,29H,10H2,1H3,(H,24,26)(H,25,30,31). The van der Waals surface area contributed by atoms with Crippen LogP contribution in [-0.2, 0) is 13.6 Å². The Morgan fingerprint density at radius 2 is 1.97 bits per heavy atom. The zero-order valence-electron chi connectivity index (χ0n) is 16.1. The number of imidazole rings is 1. The third-order valence-corrected chi connectivity index (χ3v) is 5.58. The van der Waals surface area contributed by atoms with Crippen LogP contribution in [0, 0.1) is 0 Å². The number of rotatable bonds is 5. The van der Waals surface area contributed by atoms with Gasteiger partial charge < -0.3 is 5.11 Å². The minimum absolute atomic E-state index is 0.0650. The number of aromatic amines is 1. The predicted octanol–water partition coefficient (Wildman–Crippen LogP) is 3.15. The van der Waals surface area contributed by atoms with Crippen molar-refractivity contribution in [3.05, 3.63) is 83.4 Å². The summed E-state index contributed by atoms with van der Waals surface area (Å²) >= 11 is 6.80. The van der Waals surface area contributed by atoms with Gasteiger partial charge in [0, 0.05) is 21.6 Å². The maximum Gasteiger partial charge on any atom is 0.329 e. The van der Waals surface area contributed by atoms with Gasteiger partial charge in [0.15, 0.2) is 11.2 Å². The number of aromatic nitrogens is 4. The molecule has 0 aliphatic rings. The van der Waals surface area contributed by atoms with Crippen LogP contribution >= 0.6 is 31.9 Å². The molecule has 9 nitrogen and oxygen atoms in total. The number of benzene rings is 2. The van der Waals surface area contributed by atoms with Gasteiger partial charge in [0.25, 0.3) is 5.56 Å². The highest BCUT2D eigenvalue weighted by Crippen LogP contribution is 2.21. The molecule has 31 heavy (non-hydrogen) atoms. The first-order chi connectivity index (χ1) is 14.8. The van der Waals surface area contributed by atoms with Crippen LogP contribution in [0.3, 0.4) is 0 Å². The number of phenols is 1. The predicted molar refractivity (Wildman–Crippen MR) is 126 cm³/mol. The molecule has 4 rings (SSSR count). The lowest BCUT2D eigenvalue weighted by Gasteiger charge is -2.09. The molecule has 0 saturated heterocycles. The third kappa shape index (κ3) is 4.32. The Balaban J connectivity index is 1.80. The van der Waals surface area contributed by atoms with Crippen molar-refractivity contribution < 1.29 is 5.11 Å². The number of nitrogens with zero attached hydrogens (tertiary/aromatic N) is 4. The zero-order chi connectivity index (χ0) is 22.1. The van der Waals surface area contributed by atoms with E-state index in [4.69, 9.17) is 0 Å². The minimum Gasteiger partial charge on any atom is -0.507 e. The van der Waals surface area contributed by atoms with E-state index in [9.17, 15) is 14.7 Å². The summed E-state index contributed by atoms with van der Waals surface area (Å²) < 4.78 is 4.60. The number of hydrazone groups is 1. The van der Waals surface area contributed by atoms with E-state index in [1.807, 2.05) is 24.3 Å². The molecule has 0 saturated carbocycles. The highest BCUT2D eigenvalue weighted by molar-refractivity contribution is 9.10. The lowest BCUT2D eigenvalue weighted by Crippen LogP contribution is -2.29. The van der Waals surface area contributed by atoms with E-state index in [0.29, 0.717) is 12.1 Å². The van der Waals surface area contributed by atoms with Gasteiger partial charge in [-0.3, -0.25) is 18.9 Å². The molecule has 4 aromatic rings. The van der Waals surface area contributed by atoms with E-state index >= 15 is 0 Å². The SMILES string of the molecule is Cn1c(=O)[nH]c(=O)c2c1nc(NN=Cc1cc(Br)ccc1O)n2Cc1cccc(Br)c1. The van der Waals surface area contributed by atoms with Crippen LogP contribution in [0.5, 0.6) is 5.75 Å². The summed E-state index contributed by atoms with van der Waals surface area (Å²) in [6.07, 6.45) is 1.44. The second-order valence-electron chi connectivity index (χ2n) is 6.72. The summed E-state index contributed by atoms with van der Waals surface area (Å²) in [6, 6.07) is 12.6. The van der Waals surface area contributed by atoms with Crippen molar-refractivity contribution >= 4 is 55.2 Å². The van der Waals surface area contributed by atoms with Gasteiger partial charge >= 0.3 is 5.69 Å². The number of anilines is 1. The molecular weight excluding hydrogens is 532 g/mol. The van der Waals surface area contributed by atoms with Crippen LogP contribution in [0.4, 0.5) is 5.95 Å². The van der Waals surface area contributed by atoms with E-state index in [0.717, 1.165) is 14.5 Å². The molecule has 0 aliphatic heterocycles. The minimum atomic E-state index is -0.557. The molecule has 0 fully saturated rings. The number of hydrogen-bond donors (Lipinski definition) is 3. The molecule has 2 aromatic heterocycles. The Morgan fingerprint density at radius 1 is 1.19 bits per heavy atom. The Labute approximate surface area is 192 Å². The second-order valence-corrected chi connectivity index (χ2v) is 8.55. The number of phenolic OH excluding ortho intramolecular Hbond substituents is 1. The van der Waals surface area contributed by atoms with Gasteiger partial charge in [-0.25, -0.2) is 10.2 Å². The third-order valence-electron chi connectivity index (χ3n) is 4.59. The maximum atomic E-state index is 12.6. The van der Waals surface area contributed by atoms with Crippen molar-refractivity contribution in [1.82, 2.24) is 19.1 Å². The Bertz CT molecular complexity index is 1440. The summed E-state index contributed by atoms with van der Waals surface area (Å²) in [4.78, 5) is 31.3. The number of aromatic hydroxyl groups is 1. The maximum absolute atomic E-state index is 12.6. The van der Waals surface area contributed by atoms with Gasteiger partial charge in [-0.15, -0.1) is 0 Å². The van der Waals surface area contributed by atoms with Crippen molar-refractivity contribution in [3.63, 3.8) is 0 Å². The topological polar surface area (TPSA) is 117 Å². The van der Waals surface area contributed by atoms with Crippen LogP contribution in [0.25, 0.3) is 11.2 Å². The van der Waals surface area contributed by atoms with Crippen molar-refractivity contribution in [1.29, 1.82) is 0 Å². The molecule has 0 bridgehead atoms. The summed E-state index contributed by atoms with van der Waals surface area (Å²) in [7, 11) is 1.53. The molecule has 158 valence electrons. The summed E-state index contributed by atoms with van der Waals surface area (Å²) in [5.41, 5.74) is 3.60. The number of aryl methyl sites for hydroxylation is 1. The molecule has 2 aromatic carbocycles. The molecule has 0 aliphatic carbocycles. The molecule has 2 heterocycles. The summed E-state index contributed by atoms with van der Waals surface area (Å²) in [6.45, 7) is 0.317. The smallest absolute Gasteiger partial charge is 0.329 e. The molecule has 0 atom stereocenters. The van der Waals surface area contributed by atoms with Crippen LogP contribution in [-0.4, -0.2) is 30.4 Å². The van der Waals surface area contributed by atoms with Crippen molar-refractivity contribution in [2.75, 3.05) is 5.43 Å². The fourth-order valence-corrected chi connectivity index (χ4v) is 3.91. The van der Waals surface area contributed by atoms with Gasteiger partial charge in [0.2, 0.25) is 5.95 Å². The Hall–Kier alpha value is -3.18. The number of nitrogens with one attached hydrogen (secondary N) is 2. The van der Waals surface area contributed by atoms with E-state index in [-0.39, 0.29) is 22.9 Å². The average molecular weight is 548 g/mol. The highest BCUT2D eigenvalue weighted by atomic mass is 79.9. The monoisotopic (exact) mass is 546 g/mol. The molecule has 3 N–H and O–H groups in total. The quantitative estimate of drug-likeness (QED) is 0.262. The lowest BCUT2D eigenvalue weighted by molar-refractivity contribution is 0.474. The Kier molecular flexibility index (Phi) is 5.79. The van der Waals surface area contributed by atoms with Crippen molar-refractivity contribution in [2.24, 2.45) is 12.1 Å². The van der Waals surface area contributed by atoms with E-state index in [1.165, 1.54) is 17.8 Å². The van der Waals surface area contributed by atoms with Crippen molar-refractivity contribution in [3.8, 4) is 5.75 Å². The van der Waals surface area contributed by atoms with Crippen LogP contribution in [0.1, 0.15) is 11.1 Å². The lowest BCUT2D eigenvalue weighted by atomic mass is 10.2. The molecule has 0 amide bonds. The van der Waals surface area contributed by atoms with Gasteiger partial charge in [0.05, 0.1) is 12.8 Å². The fraction of sp³-hybridized carbons (Fsp3) is 0.100. The van der Waals surface area contributed by atoms with Gasteiger partial charge in [-0.1, -0.05) is 44.0 Å². The summed E-state index contributed by atoms with van der Waals surface area (Å²) in [5, 5.41) is 14.1. The van der Waals surface area contributed by atoms with Gasteiger partial charge in [-0.2, -0.15) is 10.1 Å². The summed E-state index contributed by atoms with van der Waals surface area (Å²) in [5.74, 6) is 0.336. The number of H-pyrrole nitrogens is 1. The van der Waals surface area contributed by atoms with E-state index < -0.39 is 11.2 Å². The first-order valence-electron chi connectivity index (χ1n) is 9.05. The molecule has 11 heteroatoms. The van der Waals surface area contributed by atoms with E-state index in [1.54, 1.807) is 22.8 Å². The normalized spacial score (nSPS) is 11.5. The van der Waals surface area contributed by atoms with Crippen LogP contribution in [0.2, 0.25) is 0 Å². The second kappa shape index (κ2) is 8.52. The number of fused-ring (bicyclic) bond motifs is 1. The van der Waals surface area contributed by atoms with E-state index in [2.05, 4.69) is 52.4 Å². The largest absolute Gasteiger partial charge is 0.507 e. The van der Waals surface area contributed by atoms with Crippen molar-refractivity contribution in [2.45, 2.75) is 6.54 Å². The molecule has 0 unspecified atom stereocenters. The molecular formula is C20H16Br2N6O3.